The third-order valence-corrected chi connectivity index (χ3v) is 11.0. The fourth-order valence-electron chi connectivity index (χ4n) is 8.59. The van der Waals surface area contributed by atoms with Gasteiger partial charge in [0.25, 0.3) is 5.91 Å². The molecular weight excluding hydrogens is 619 g/mol. The molecule has 1 unspecified atom stereocenters. The van der Waals surface area contributed by atoms with Gasteiger partial charge in [-0.15, -0.1) is 10.2 Å². The molecule has 1 saturated heterocycles. The van der Waals surface area contributed by atoms with E-state index >= 15 is 0 Å². The van der Waals surface area contributed by atoms with Crippen molar-refractivity contribution in [2.24, 2.45) is 18.9 Å². The number of aromatic nitrogens is 4. The van der Waals surface area contributed by atoms with Crippen molar-refractivity contribution in [1.82, 2.24) is 29.5 Å². The van der Waals surface area contributed by atoms with Gasteiger partial charge in [0.05, 0.1) is 17.5 Å². The maximum Gasteiger partial charge on any atom is 0.416 e. The number of rotatable bonds is 8. The Bertz CT molecular complexity index is 1680. The second kappa shape index (κ2) is 12.4. The number of nitrogens with zero attached hydrogens (tertiary/aromatic N) is 7. The molecule has 7 rings (SSSR count). The first-order chi connectivity index (χ1) is 22.8. The molecule has 9 nitrogen and oxygen atoms in total. The summed E-state index contributed by atoms with van der Waals surface area (Å²) in [5.74, 6) is 1.82. The summed E-state index contributed by atoms with van der Waals surface area (Å²) in [6.07, 6.45) is 2.73. The summed E-state index contributed by atoms with van der Waals surface area (Å²) >= 11 is 0. The second-order valence-electron chi connectivity index (χ2n) is 15.0. The molecule has 2 aliphatic carbocycles. The first-order valence-corrected chi connectivity index (χ1v) is 17.3. The van der Waals surface area contributed by atoms with Crippen LogP contribution >= 0.6 is 0 Å². The van der Waals surface area contributed by atoms with Gasteiger partial charge < -0.3 is 14.2 Å². The smallest absolute Gasteiger partial charge is 0.416 e. The van der Waals surface area contributed by atoms with E-state index in [2.05, 4.69) is 47.8 Å². The predicted octanol–water partition coefficient (Wildman–Crippen LogP) is 6.20. The molecule has 0 spiro atoms. The number of hydrogen-bond acceptors (Lipinski definition) is 7. The standard InChI is InChI=1S/C36H46F3N7O2/c1-22(2)30-20-43(4)10-11-45(30)18-24-12-27-28(29(13-24)36(37,38)39)19-46(33(27)47)31-14-25(15-32(41-31)48-26-8-6-7-9-26)35(16-23(3)17-35)34-42-40-21-44(34)5/h12-15,21-23,26,30H,6-11,16-20H2,1-5H3/t23-,30?,35+. The van der Waals surface area contributed by atoms with Crippen LogP contribution in [-0.2, 0) is 31.7 Å². The lowest BCUT2D eigenvalue weighted by molar-refractivity contribution is -0.138. The van der Waals surface area contributed by atoms with Gasteiger partial charge in [0.2, 0.25) is 5.88 Å². The first kappa shape index (κ1) is 33.0. The van der Waals surface area contributed by atoms with Gasteiger partial charge in [-0.25, -0.2) is 0 Å². The Morgan fingerprint density at radius 3 is 2.46 bits per heavy atom. The van der Waals surface area contributed by atoms with Crippen LogP contribution in [0.2, 0.25) is 0 Å². The summed E-state index contributed by atoms with van der Waals surface area (Å²) in [7, 11) is 3.99. The van der Waals surface area contributed by atoms with Crippen molar-refractivity contribution in [2.45, 2.75) is 96.1 Å². The molecule has 1 atom stereocenters. The van der Waals surface area contributed by atoms with E-state index in [1.807, 2.05) is 23.7 Å². The highest BCUT2D eigenvalue weighted by Crippen LogP contribution is 2.53. The van der Waals surface area contributed by atoms with Gasteiger partial charge in [-0.1, -0.05) is 20.8 Å². The highest BCUT2D eigenvalue weighted by molar-refractivity contribution is 6.10. The quantitative estimate of drug-likeness (QED) is 0.284. The third-order valence-electron chi connectivity index (χ3n) is 11.0. The lowest BCUT2D eigenvalue weighted by Crippen LogP contribution is -2.53. The number of amides is 1. The number of alkyl halides is 3. The molecular formula is C36H46F3N7O2. The number of likely N-dealkylation sites (N-methyl/N-ethyl adjacent to an activating group) is 1. The summed E-state index contributed by atoms with van der Waals surface area (Å²) < 4.78 is 52.5. The van der Waals surface area contributed by atoms with Crippen LogP contribution in [0.5, 0.6) is 5.88 Å². The van der Waals surface area contributed by atoms with Crippen molar-refractivity contribution in [2.75, 3.05) is 31.6 Å². The number of benzene rings is 1. The molecule has 0 radical (unpaired) electrons. The number of halogens is 3. The van der Waals surface area contributed by atoms with Crippen molar-refractivity contribution in [3.05, 3.63) is 64.2 Å². The Hall–Kier alpha value is -3.51. The van der Waals surface area contributed by atoms with Crippen LogP contribution in [0.15, 0.2) is 30.6 Å². The Morgan fingerprint density at radius 2 is 1.81 bits per heavy atom. The average Bonchev–Trinajstić information content (AvgIpc) is 3.76. The average molecular weight is 666 g/mol. The van der Waals surface area contributed by atoms with Gasteiger partial charge >= 0.3 is 6.18 Å². The van der Waals surface area contributed by atoms with E-state index in [-0.39, 0.29) is 29.8 Å². The number of ether oxygens (including phenoxy) is 1. The van der Waals surface area contributed by atoms with E-state index in [0.717, 1.165) is 69.5 Å². The molecule has 0 bridgehead atoms. The van der Waals surface area contributed by atoms with Crippen LogP contribution in [0, 0.1) is 11.8 Å². The van der Waals surface area contributed by atoms with E-state index in [1.54, 1.807) is 12.4 Å². The molecule has 2 aromatic heterocycles. The fraction of sp³-hybridized carbons (Fsp3) is 0.611. The highest BCUT2D eigenvalue weighted by atomic mass is 19.4. The molecule has 2 aliphatic heterocycles. The SMILES string of the molecule is CC(C)C1CN(C)CCN1Cc1cc2c(c(C(F)(F)F)c1)CN(c1cc([C@]3(c4nncn4C)C[C@@H](C)C3)cc(OC3CCCC3)n1)C2=O. The first-order valence-electron chi connectivity index (χ1n) is 17.3. The number of piperazine rings is 1. The van der Waals surface area contributed by atoms with Crippen molar-refractivity contribution < 1.29 is 22.7 Å². The molecule has 258 valence electrons. The minimum atomic E-state index is -4.61. The van der Waals surface area contributed by atoms with E-state index in [9.17, 15) is 18.0 Å². The number of hydrogen-bond donors (Lipinski definition) is 0. The summed E-state index contributed by atoms with van der Waals surface area (Å²) in [5, 5.41) is 8.64. The second-order valence-corrected chi connectivity index (χ2v) is 15.0. The van der Waals surface area contributed by atoms with Crippen LogP contribution in [-0.4, -0.2) is 74.3 Å². The summed E-state index contributed by atoms with van der Waals surface area (Å²) in [6.45, 7) is 9.07. The van der Waals surface area contributed by atoms with Gasteiger partial charge in [-0.3, -0.25) is 14.6 Å². The largest absolute Gasteiger partial charge is 0.474 e. The van der Waals surface area contributed by atoms with Crippen molar-refractivity contribution >= 4 is 11.7 Å². The molecule has 1 aromatic carbocycles. The van der Waals surface area contributed by atoms with Crippen molar-refractivity contribution in [3.8, 4) is 5.88 Å². The number of carbonyl (C=O) groups is 1. The summed E-state index contributed by atoms with van der Waals surface area (Å²) in [6, 6.07) is 6.94. The minimum absolute atomic E-state index is 0.000724. The molecule has 4 aliphatic rings. The molecule has 1 amide bonds. The Morgan fingerprint density at radius 1 is 1.06 bits per heavy atom. The van der Waals surface area contributed by atoms with Crippen LogP contribution in [0.4, 0.5) is 19.0 Å². The summed E-state index contributed by atoms with van der Waals surface area (Å²) in [4.78, 5) is 24.9. The summed E-state index contributed by atoms with van der Waals surface area (Å²) in [5.41, 5.74) is 0.281. The van der Waals surface area contributed by atoms with Gasteiger partial charge in [0.15, 0.2) is 0 Å². The third kappa shape index (κ3) is 5.99. The maximum absolute atomic E-state index is 14.7. The molecule has 0 N–H and O–H groups in total. The van der Waals surface area contributed by atoms with E-state index in [0.29, 0.717) is 35.6 Å². The monoisotopic (exact) mass is 665 g/mol. The van der Waals surface area contributed by atoms with Gasteiger partial charge in [-0.05, 0) is 92.3 Å². The molecule has 48 heavy (non-hydrogen) atoms. The van der Waals surface area contributed by atoms with E-state index in [4.69, 9.17) is 9.72 Å². The number of fused-ring (bicyclic) bond motifs is 1. The van der Waals surface area contributed by atoms with Crippen LogP contribution in [0.25, 0.3) is 0 Å². The van der Waals surface area contributed by atoms with Crippen molar-refractivity contribution in [3.63, 3.8) is 0 Å². The molecule has 12 heteroatoms. The Labute approximate surface area is 280 Å². The van der Waals surface area contributed by atoms with Gasteiger partial charge in [0, 0.05) is 50.9 Å². The minimum Gasteiger partial charge on any atom is -0.474 e. The molecule has 3 aromatic rings. The Balaban J connectivity index is 1.27. The zero-order valence-corrected chi connectivity index (χ0v) is 28.6. The van der Waals surface area contributed by atoms with Crippen molar-refractivity contribution in [1.29, 1.82) is 0 Å². The van der Waals surface area contributed by atoms with Crippen LogP contribution < -0.4 is 9.64 Å². The normalized spacial score (nSPS) is 25.6. The zero-order chi connectivity index (χ0) is 34.0. The lowest BCUT2D eigenvalue weighted by Gasteiger charge is -2.46. The highest BCUT2D eigenvalue weighted by Gasteiger charge is 2.49. The Kier molecular flexibility index (Phi) is 8.55. The molecule has 3 fully saturated rings. The van der Waals surface area contributed by atoms with Gasteiger partial charge in [-0.2, -0.15) is 18.2 Å². The van der Waals surface area contributed by atoms with E-state index < -0.39 is 23.1 Å². The zero-order valence-electron chi connectivity index (χ0n) is 28.6. The van der Waals surface area contributed by atoms with Crippen LogP contribution in [0.1, 0.15) is 97.7 Å². The number of anilines is 1. The van der Waals surface area contributed by atoms with E-state index in [1.165, 1.54) is 11.0 Å². The maximum atomic E-state index is 14.7. The molecule has 2 saturated carbocycles. The van der Waals surface area contributed by atoms with Crippen LogP contribution in [0.3, 0.4) is 0 Å². The lowest BCUT2D eigenvalue weighted by atomic mass is 9.58. The molecule has 4 heterocycles. The fourth-order valence-corrected chi connectivity index (χ4v) is 8.59. The number of pyridine rings is 1. The van der Waals surface area contributed by atoms with Gasteiger partial charge in [0.1, 0.15) is 24.1 Å². The number of carbonyl (C=O) groups excluding carboxylic acids is 1. The topological polar surface area (TPSA) is 79.6 Å². The number of aryl methyl sites for hydroxylation is 1. The predicted molar refractivity (Wildman–Crippen MR) is 176 cm³/mol.